The summed E-state index contributed by atoms with van der Waals surface area (Å²) in [4.78, 5) is 10.8. The Morgan fingerprint density at radius 2 is 1.25 bits per heavy atom. The van der Waals surface area contributed by atoms with Gasteiger partial charge in [-0.3, -0.25) is 9.80 Å². The summed E-state index contributed by atoms with van der Waals surface area (Å²) < 4.78 is 74.8. The van der Waals surface area contributed by atoms with Crippen molar-refractivity contribution in [1.29, 1.82) is 0 Å². The van der Waals surface area contributed by atoms with Gasteiger partial charge in [-0.1, -0.05) is 0 Å². The molecule has 3 rings (SSSR count). The molecule has 1 aromatic heterocycles. The fourth-order valence-corrected chi connectivity index (χ4v) is 3.63. The van der Waals surface area contributed by atoms with Crippen LogP contribution in [0.2, 0.25) is 0 Å². The summed E-state index contributed by atoms with van der Waals surface area (Å²) >= 11 is 0. The Kier molecular flexibility index (Phi) is 6.18. The number of anilines is 2. The Morgan fingerprint density at radius 3 is 1.64 bits per heavy atom. The predicted molar refractivity (Wildman–Crippen MR) is 91.1 cm³/mol. The lowest BCUT2D eigenvalue weighted by Gasteiger charge is -2.19. The van der Waals surface area contributed by atoms with Gasteiger partial charge in [0.2, 0.25) is 0 Å². The van der Waals surface area contributed by atoms with Gasteiger partial charge < -0.3 is 10.6 Å². The lowest BCUT2D eigenvalue weighted by molar-refractivity contribution is -0.144. The van der Waals surface area contributed by atoms with E-state index in [0.29, 0.717) is 37.6 Å². The van der Waals surface area contributed by atoms with Crippen LogP contribution in [0.3, 0.4) is 0 Å². The van der Waals surface area contributed by atoms with Crippen LogP contribution in [0.4, 0.5) is 38.0 Å². The van der Waals surface area contributed by atoms with Crippen molar-refractivity contribution in [1.82, 2.24) is 19.8 Å². The van der Waals surface area contributed by atoms with Gasteiger partial charge in [0.1, 0.15) is 18.0 Å². The third kappa shape index (κ3) is 6.66. The minimum atomic E-state index is -4.22. The van der Waals surface area contributed by atoms with Crippen LogP contribution in [0.15, 0.2) is 12.4 Å². The van der Waals surface area contributed by atoms with E-state index in [1.165, 1.54) is 16.1 Å². The second kappa shape index (κ2) is 8.27. The van der Waals surface area contributed by atoms with Crippen molar-refractivity contribution in [3.63, 3.8) is 0 Å². The molecule has 0 saturated carbocycles. The van der Waals surface area contributed by atoms with Crippen LogP contribution < -0.4 is 10.6 Å². The Hall–Kier alpha value is -1.82. The van der Waals surface area contributed by atoms with Crippen LogP contribution in [-0.4, -0.2) is 83.5 Å². The number of hydrogen-bond acceptors (Lipinski definition) is 6. The first-order valence-electron chi connectivity index (χ1n) is 8.99. The van der Waals surface area contributed by atoms with Gasteiger partial charge in [-0.05, 0) is 12.8 Å². The molecule has 0 amide bonds. The highest BCUT2D eigenvalue weighted by atomic mass is 19.4. The fourth-order valence-electron chi connectivity index (χ4n) is 3.63. The zero-order valence-corrected chi connectivity index (χ0v) is 15.0. The molecule has 0 aromatic carbocycles. The maximum Gasteiger partial charge on any atom is 0.401 e. The van der Waals surface area contributed by atoms with E-state index in [0.717, 1.165) is 0 Å². The summed E-state index contributed by atoms with van der Waals surface area (Å²) in [5.41, 5.74) is 0. The number of nitrogens with zero attached hydrogens (tertiary/aromatic N) is 4. The molecule has 12 heteroatoms. The summed E-state index contributed by atoms with van der Waals surface area (Å²) in [6.07, 6.45) is -5.99. The molecule has 2 saturated heterocycles. The molecule has 2 unspecified atom stereocenters. The second-order valence-electron chi connectivity index (χ2n) is 7.25. The number of nitrogens with one attached hydrogen (secondary N) is 2. The quantitative estimate of drug-likeness (QED) is 0.701. The minimum absolute atomic E-state index is 0.154. The van der Waals surface area contributed by atoms with Crippen molar-refractivity contribution >= 4 is 11.6 Å². The fraction of sp³-hybridized carbons (Fsp3) is 0.750. The maximum atomic E-state index is 12.5. The number of rotatable bonds is 6. The van der Waals surface area contributed by atoms with E-state index in [1.807, 2.05) is 0 Å². The molecule has 6 nitrogen and oxygen atoms in total. The Bertz CT molecular complexity index is 600. The van der Waals surface area contributed by atoms with E-state index >= 15 is 0 Å². The molecule has 28 heavy (non-hydrogen) atoms. The summed E-state index contributed by atoms with van der Waals surface area (Å²) in [6.45, 7) is -0.632. The third-order valence-corrected chi connectivity index (χ3v) is 4.72. The molecule has 0 aliphatic carbocycles. The van der Waals surface area contributed by atoms with Gasteiger partial charge in [0, 0.05) is 44.3 Å². The standard InChI is InChI=1S/C16H22F6N6/c17-15(18,19)8-27-3-1-11(6-27)25-13-5-14(24-10-23-13)26-12-2-4-28(7-12)9-16(20,21)22/h5,10-12H,1-4,6-9H2,(H2,23,24,25,26). The van der Waals surface area contributed by atoms with Crippen molar-refractivity contribution in [3.05, 3.63) is 12.4 Å². The minimum Gasteiger partial charge on any atom is -0.366 e. The first-order valence-corrected chi connectivity index (χ1v) is 8.99. The van der Waals surface area contributed by atoms with Crippen LogP contribution in [-0.2, 0) is 0 Å². The van der Waals surface area contributed by atoms with Crippen molar-refractivity contribution in [2.75, 3.05) is 49.9 Å². The third-order valence-electron chi connectivity index (χ3n) is 4.72. The highest BCUT2D eigenvalue weighted by Crippen LogP contribution is 2.23. The molecular formula is C16H22F6N6. The predicted octanol–water partition coefficient (Wildman–Crippen LogP) is 2.57. The van der Waals surface area contributed by atoms with Gasteiger partial charge in [0.25, 0.3) is 0 Å². The van der Waals surface area contributed by atoms with Crippen molar-refractivity contribution in [2.45, 2.75) is 37.3 Å². The Labute approximate surface area is 158 Å². The van der Waals surface area contributed by atoms with Gasteiger partial charge in [0.15, 0.2) is 0 Å². The number of aromatic nitrogens is 2. The highest BCUT2D eigenvalue weighted by molar-refractivity contribution is 5.47. The molecule has 1 aromatic rings. The van der Waals surface area contributed by atoms with Crippen LogP contribution in [0.5, 0.6) is 0 Å². The van der Waals surface area contributed by atoms with Crippen molar-refractivity contribution in [2.24, 2.45) is 0 Å². The summed E-state index contributed by atoms with van der Waals surface area (Å²) in [5, 5.41) is 6.20. The molecule has 158 valence electrons. The van der Waals surface area contributed by atoms with Gasteiger partial charge in [0.05, 0.1) is 13.1 Å². The SMILES string of the molecule is FC(F)(F)CN1CCC(Nc2cc(NC3CCN(CC(F)(F)F)C3)ncn2)C1. The normalized spacial score (nSPS) is 24.6. The lowest BCUT2D eigenvalue weighted by Crippen LogP contribution is -2.34. The number of alkyl halides is 6. The van der Waals surface area contributed by atoms with Gasteiger partial charge in [-0.15, -0.1) is 0 Å². The average Bonchev–Trinajstić information content (AvgIpc) is 3.14. The van der Waals surface area contributed by atoms with E-state index in [9.17, 15) is 26.3 Å². The molecular weight excluding hydrogens is 390 g/mol. The average molecular weight is 412 g/mol. The van der Waals surface area contributed by atoms with Crippen molar-refractivity contribution < 1.29 is 26.3 Å². The largest absolute Gasteiger partial charge is 0.401 e. The summed E-state index contributed by atoms with van der Waals surface area (Å²) in [5.74, 6) is 0.947. The van der Waals surface area contributed by atoms with E-state index in [4.69, 9.17) is 0 Å². The van der Waals surface area contributed by atoms with E-state index in [2.05, 4.69) is 20.6 Å². The zero-order chi connectivity index (χ0) is 20.4. The van der Waals surface area contributed by atoms with Gasteiger partial charge in [-0.25, -0.2) is 9.97 Å². The molecule has 2 atom stereocenters. The Balaban J connectivity index is 1.48. The molecule has 3 heterocycles. The number of likely N-dealkylation sites (tertiary alicyclic amines) is 2. The molecule has 2 aliphatic rings. The van der Waals surface area contributed by atoms with Crippen molar-refractivity contribution in [3.8, 4) is 0 Å². The smallest absolute Gasteiger partial charge is 0.366 e. The van der Waals surface area contributed by atoms with E-state index in [1.54, 1.807) is 6.07 Å². The Morgan fingerprint density at radius 1 is 0.821 bits per heavy atom. The molecule has 0 spiro atoms. The highest BCUT2D eigenvalue weighted by Gasteiger charge is 2.35. The number of halogens is 6. The van der Waals surface area contributed by atoms with Gasteiger partial charge >= 0.3 is 12.4 Å². The number of hydrogen-bond donors (Lipinski definition) is 2. The molecule has 2 aliphatic heterocycles. The van der Waals surface area contributed by atoms with Crippen LogP contribution in [0.1, 0.15) is 12.8 Å². The first kappa shape index (κ1) is 20.9. The van der Waals surface area contributed by atoms with Crippen LogP contribution in [0, 0.1) is 0 Å². The van der Waals surface area contributed by atoms with Crippen LogP contribution in [0.25, 0.3) is 0 Å². The topological polar surface area (TPSA) is 56.3 Å². The first-order chi connectivity index (χ1) is 13.1. The molecule has 2 fully saturated rings. The second-order valence-corrected chi connectivity index (χ2v) is 7.25. The summed E-state index contributed by atoms with van der Waals surface area (Å²) in [7, 11) is 0. The van der Waals surface area contributed by atoms with E-state index < -0.39 is 25.4 Å². The zero-order valence-electron chi connectivity index (χ0n) is 15.0. The maximum absolute atomic E-state index is 12.5. The summed E-state index contributed by atoms with van der Waals surface area (Å²) in [6, 6.07) is 1.32. The lowest BCUT2D eigenvalue weighted by atomic mass is 10.2. The molecule has 2 N–H and O–H groups in total. The molecule has 0 bridgehead atoms. The van der Waals surface area contributed by atoms with E-state index in [-0.39, 0.29) is 25.2 Å². The molecule has 0 radical (unpaired) electrons. The van der Waals surface area contributed by atoms with Crippen LogP contribution >= 0.6 is 0 Å². The van der Waals surface area contributed by atoms with Gasteiger partial charge in [-0.2, -0.15) is 26.3 Å². The monoisotopic (exact) mass is 412 g/mol.